The molecular formula is C28H41F3O. The second kappa shape index (κ2) is 11.3. The average molecular weight is 451 g/mol. The summed E-state index contributed by atoms with van der Waals surface area (Å²) >= 11 is 0. The maximum atomic E-state index is 14.1. The van der Waals surface area contributed by atoms with Crippen molar-refractivity contribution in [2.24, 2.45) is 29.6 Å². The molecule has 4 rings (SSSR count). The van der Waals surface area contributed by atoms with Gasteiger partial charge in [-0.25, -0.2) is 4.39 Å². The van der Waals surface area contributed by atoms with Crippen molar-refractivity contribution in [1.82, 2.24) is 0 Å². The first-order valence-electron chi connectivity index (χ1n) is 13.3. The van der Waals surface area contributed by atoms with Crippen LogP contribution in [0.1, 0.15) is 108 Å². The summed E-state index contributed by atoms with van der Waals surface area (Å²) in [6.07, 6.45) is 18.9. The molecule has 32 heavy (non-hydrogen) atoms. The molecule has 0 saturated heterocycles. The molecule has 3 fully saturated rings. The zero-order valence-corrected chi connectivity index (χ0v) is 19.7. The molecule has 1 aromatic carbocycles. The molecule has 3 aliphatic rings. The summed E-state index contributed by atoms with van der Waals surface area (Å²) in [6, 6.07) is 4.55. The molecule has 0 amide bonds. The summed E-state index contributed by atoms with van der Waals surface area (Å²) in [5, 5.41) is 0. The zero-order valence-electron chi connectivity index (χ0n) is 19.7. The minimum atomic E-state index is -2.99. The van der Waals surface area contributed by atoms with Crippen molar-refractivity contribution < 1.29 is 17.9 Å². The van der Waals surface area contributed by atoms with Gasteiger partial charge in [-0.1, -0.05) is 45.1 Å². The molecule has 3 saturated carbocycles. The Morgan fingerprint density at radius 3 is 2.19 bits per heavy atom. The molecule has 1 nitrogen and oxygen atoms in total. The number of halogens is 3. The third kappa shape index (κ3) is 6.03. The Morgan fingerprint density at radius 1 is 0.844 bits per heavy atom. The van der Waals surface area contributed by atoms with Gasteiger partial charge >= 0.3 is 6.61 Å². The monoisotopic (exact) mass is 450 g/mol. The van der Waals surface area contributed by atoms with Crippen molar-refractivity contribution in [3.05, 3.63) is 29.6 Å². The van der Waals surface area contributed by atoms with E-state index in [0.29, 0.717) is 5.92 Å². The molecule has 0 spiro atoms. The first-order chi connectivity index (χ1) is 15.5. The van der Waals surface area contributed by atoms with Crippen LogP contribution in [0.15, 0.2) is 18.2 Å². The largest absolute Gasteiger partial charge is 0.432 e. The zero-order chi connectivity index (χ0) is 22.5. The molecule has 0 aromatic heterocycles. The van der Waals surface area contributed by atoms with Crippen molar-refractivity contribution in [1.29, 1.82) is 0 Å². The SMILES string of the molecule is CCCCCC1CCC2CC(C3CCC(c4ccc(OC(F)F)c(F)c4)CC3)CCC2C1. The summed E-state index contributed by atoms with van der Waals surface area (Å²) in [6.45, 7) is -0.692. The third-order valence-electron chi connectivity index (χ3n) is 9.06. The van der Waals surface area contributed by atoms with E-state index in [0.717, 1.165) is 48.0 Å². The van der Waals surface area contributed by atoms with Crippen LogP contribution in [0.2, 0.25) is 0 Å². The van der Waals surface area contributed by atoms with Crippen LogP contribution in [0.4, 0.5) is 13.2 Å². The summed E-state index contributed by atoms with van der Waals surface area (Å²) in [4.78, 5) is 0. The number of hydrogen-bond donors (Lipinski definition) is 0. The molecule has 0 N–H and O–H groups in total. The molecule has 1 aromatic rings. The van der Waals surface area contributed by atoms with Gasteiger partial charge in [0.05, 0.1) is 0 Å². The third-order valence-corrected chi connectivity index (χ3v) is 9.06. The van der Waals surface area contributed by atoms with Crippen molar-refractivity contribution in [2.45, 2.75) is 109 Å². The van der Waals surface area contributed by atoms with Crippen molar-refractivity contribution in [3.63, 3.8) is 0 Å². The van der Waals surface area contributed by atoms with Gasteiger partial charge in [-0.3, -0.25) is 0 Å². The topological polar surface area (TPSA) is 9.23 Å². The number of unbranched alkanes of at least 4 members (excludes halogenated alkanes) is 2. The van der Waals surface area contributed by atoms with Gasteiger partial charge in [-0.15, -0.1) is 0 Å². The van der Waals surface area contributed by atoms with Gasteiger partial charge in [0.15, 0.2) is 11.6 Å². The van der Waals surface area contributed by atoms with E-state index in [9.17, 15) is 13.2 Å². The smallest absolute Gasteiger partial charge is 0.387 e. The first kappa shape index (κ1) is 24.0. The minimum absolute atomic E-state index is 0.344. The number of ether oxygens (including phenoxy) is 1. The van der Waals surface area contributed by atoms with E-state index < -0.39 is 12.4 Å². The van der Waals surface area contributed by atoms with Crippen LogP contribution in [-0.4, -0.2) is 6.61 Å². The highest BCUT2D eigenvalue weighted by Gasteiger charge is 2.38. The normalized spacial score (nSPS) is 33.2. The highest BCUT2D eigenvalue weighted by Crippen LogP contribution is 2.50. The molecule has 0 radical (unpaired) electrons. The van der Waals surface area contributed by atoms with E-state index in [1.54, 1.807) is 6.07 Å². The van der Waals surface area contributed by atoms with E-state index in [2.05, 4.69) is 11.7 Å². The van der Waals surface area contributed by atoms with E-state index in [1.165, 1.54) is 89.2 Å². The van der Waals surface area contributed by atoms with Crippen LogP contribution in [0.25, 0.3) is 0 Å². The second-order valence-corrected chi connectivity index (χ2v) is 10.9. The molecule has 4 heteroatoms. The molecule has 0 bridgehead atoms. The maximum absolute atomic E-state index is 14.1. The number of hydrogen-bond acceptors (Lipinski definition) is 1. The Balaban J connectivity index is 1.24. The van der Waals surface area contributed by atoms with E-state index in [-0.39, 0.29) is 5.75 Å². The van der Waals surface area contributed by atoms with Gasteiger partial charge in [-0.05, 0) is 111 Å². The van der Waals surface area contributed by atoms with Crippen LogP contribution in [0.5, 0.6) is 5.75 Å². The van der Waals surface area contributed by atoms with Gasteiger partial charge in [0.1, 0.15) is 0 Å². The van der Waals surface area contributed by atoms with E-state index in [4.69, 9.17) is 0 Å². The van der Waals surface area contributed by atoms with E-state index >= 15 is 0 Å². The molecule has 3 aliphatic carbocycles. The van der Waals surface area contributed by atoms with Crippen LogP contribution in [-0.2, 0) is 0 Å². The van der Waals surface area contributed by atoms with Crippen LogP contribution in [0.3, 0.4) is 0 Å². The number of benzene rings is 1. The molecule has 0 aliphatic heterocycles. The summed E-state index contributed by atoms with van der Waals surface area (Å²) in [7, 11) is 0. The van der Waals surface area contributed by atoms with Crippen LogP contribution in [0, 0.1) is 35.4 Å². The highest BCUT2D eigenvalue weighted by molar-refractivity contribution is 5.31. The molecular weight excluding hydrogens is 409 g/mol. The lowest BCUT2D eigenvalue weighted by atomic mass is 9.60. The van der Waals surface area contributed by atoms with Gasteiger partial charge < -0.3 is 4.74 Å². The first-order valence-corrected chi connectivity index (χ1v) is 13.3. The Labute approximate surface area is 192 Å². The summed E-state index contributed by atoms with van der Waals surface area (Å²) < 4.78 is 43.1. The van der Waals surface area contributed by atoms with Gasteiger partial charge in [0, 0.05) is 0 Å². The Hall–Kier alpha value is -1.19. The summed E-state index contributed by atoms with van der Waals surface area (Å²) in [5.74, 6) is 3.96. The predicted octanol–water partition coefficient (Wildman–Crippen LogP) is 9.11. The van der Waals surface area contributed by atoms with Crippen LogP contribution >= 0.6 is 0 Å². The van der Waals surface area contributed by atoms with Crippen molar-refractivity contribution in [2.75, 3.05) is 0 Å². The van der Waals surface area contributed by atoms with Crippen molar-refractivity contribution in [3.8, 4) is 5.75 Å². The van der Waals surface area contributed by atoms with Gasteiger partial charge in [-0.2, -0.15) is 8.78 Å². The number of rotatable bonds is 8. The number of alkyl halides is 2. The van der Waals surface area contributed by atoms with Gasteiger partial charge in [0.2, 0.25) is 0 Å². The predicted molar refractivity (Wildman–Crippen MR) is 124 cm³/mol. The number of fused-ring (bicyclic) bond motifs is 1. The standard InChI is InChI=1S/C28H41F3O/c1-2-3-4-5-19-6-7-24-17-23(13-12-22(24)16-19)20-8-10-21(11-9-20)25-14-15-27(26(29)18-25)32-28(30)31/h14-15,18-24,28H,2-13,16-17H2,1H3. The molecule has 180 valence electrons. The molecule has 4 atom stereocenters. The average Bonchev–Trinajstić information content (AvgIpc) is 2.80. The fourth-order valence-corrected chi connectivity index (χ4v) is 7.28. The quantitative estimate of drug-likeness (QED) is 0.359. The molecule has 0 heterocycles. The van der Waals surface area contributed by atoms with Gasteiger partial charge in [0.25, 0.3) is 0 Å². The molecule has 4 unspecified atom stereocenters. The maximum Gasteiger partial charge on any atom is 0.387 e. The Bertz CT molecular complexity index is 713. The highest BCUT2D eigenvalue weighted by atomic mass is 19.3. The minimum Gasteiger partial charge on any atom is -0.432 e. The Kier molecular flexibility index (Phi) is 8.45. The van der Waals surface area contributed by atoms with Crippen molar-refractivity contribution >= 4 is 0 Å². The van der Waals surface area contributed by atoms with Crippen LogP contribution < -0.4 is 4.74 Å². The summed E-state index contributed by atoms with van der Waals surface area (Å²) in [5.41, 5.74) is 0.938. The fraction of sp³-hybridized carbons (Fsp3) is 0.786. The fourth-order valence-electron chi connectivity index (χ4n) is 7.28. The van der Waals surface area contributed by atoms with E-state index in [1.807, 2.05) is 0 Å². The lowest BCUT2D eigenvalue weighted by Gasteiger charge is -2.45. The second-order valence-electron chi connectivity index (χ2n) is 10.9. The Morgan fingerprint density at radius 2 is 1.50 bits per heavy atom. The lowest BCUT2D eigenvalue weighted by Crippen LogP contribution is -2.34. The lowest BCUT2D eigenvalue weighted by molar-refractivity contribution is -0.0522.